The van der Waals surface area contributed by atoms with Crippen molar-refractivity contribution < 1.29 is 24.1 Å². The lowest BCUT2D eigenvalue weighted by Crippen LogP contribution is -3.14. The average molecular weight is 337 g/mol. The number of amides is 2. The predicted molar refractivity (Wildman–Crippen MR) is 85.7 cm³/mol. The van der Waals surface area contributed by atoms with E-state index in [1.165, 1.54) is 23.1 Å². The molecule has 0 bridgehead atoms. The molecule has 0 radical (unpaired) electrons. The van der Waals surface area contributed by atoms with Gasteiger partial charge in [-0.1, -0.05) is 12.1 Å². The van der Waals surface area contributed by atoms with Crippen LogP contribution in [-0.2, 0) is 14.3 Å². The number of carbonyl (C=O) groups excluding carboxylic acids is 2. The molecule has 0 aromatic heterocycles. The lowest BCUT2D eigenvalue weighted by molar-refractivity contribution is -0.908. The van der Waals surface area contributed by atoms with Crippen LogP contribution in [0.3, 0.4) is 0 Å². The zero-order valence-electron chi connectivity index (χ0n) is 13.2. The van der Waals surface area contributed by atoms with E-state index >= 15 is 0 Å². The quantitative estimate of drug-likeness (QED) is 0.265. The molecule has 2 amide bonds. The van der Waals surface area contributed by atoms with Crippen molar-refractivity contribution in [1.29, 1.82) is 0 Å². The Morgan fingerprint density at radius 2 is 1.92 bits per heavy atom. The number of anilines is 1. The van der Waals surface area contributed by atoms with E-state index in [1.807, 2.05) is 0 Å². The smallest absolute Gasteiger partial charge is 0.313 e. The largest absolute Gasteiger partial charge is 0.370 e. The average Bonchev–Trinajstić information content (AvgIpc) is 2.59. The summed E-state index contributed by atoms with van der Waals surface area (Å²) in [5.74, 6) is -1.71. The molecule has 130 valence electrons. The van der Waals surface area contributed by atoms with Crippen molar-refractivity contribution in [2.45, 2.75) is 6.42 Å². The number of quaternary nitrogens is 1. The summed E-state index contributed by atoms with van der Waals surface area (Å²) in [6, 6.07) is 5.68. The number of nitrogens with one attached hydrogen (secondary N) is 3. The van der Waals surface area contributed by atoms with Gasteiger partial charge in [-0.2, -0.15) is 0 Å². The first kappa shape index (κ1) is 17.8. The maximum absolute atomic E-state index is 11.8. The van der Waals surface area contributed by atoms with Crippen LogP contribution in [0.15, 0.2) is 24.3 Å². The summed E-state index contributed by atoms with van der Waals surface area (Å²) >= 11 is 0. The number of morpholine rings is 1. The molecule has 0 atom stereocenters. The molecule has 9 nitrogen and oxygen atoms in total. The van der Waals surface area contributed by atoms with E-state index in [4.69, 9.17) is 4.74 Å². The standard InChI is InChI=1S/C15H20N4O5/c20-14(16-6-3-7-18-8-10-24-11-9-18)15(21)17-12-4-1-2-5-13(12)19(22)23/h1-2,4-5H,3,6-11H2,(H,16,20)(H,17,21)/p+1. The van der Waals surface area contributed by atoms with Crippen LogP contribution in [0.1, 0.15) is 6.42 Å². The van der Waals surface area contributed by atoms with E-state index in [1.54, 1.807) is 6.07 Å². The second-order valence-corrected chi connectivity index (χ2v) is 5.45. The summed E-state index contributed by atoms with van der Waals surface area (Å²) in [5.41, 5.74) is -0.255. The maximum Gasteiger partial charge on any atom is 0.313 e. The lowest BCUT2D eigenvalue weighted by atomic mass is 10.2. The van der Waals surface area contributed by atoms with Gasteiger partial charge >= 0.3 is 11.8 Å². The Hall–Kier alpha value is -2.52. The van der Waals surface area contributed by atoms with Gasteiger partial charge in [-0.15, -0.1) is 0 Å². The SMILES string of the molecule is O=C(NCCC[NH+]1CCOCC1)C(=O)Nc1ccccc1[N+](=O)[O-]. The van der Waals surface area contributed by atoms with E-state index in [2.05, 4.69) is 10.6 Å². The van der Waals surface area contributed by atoms with Crippen molar-refractivity contribution in [3.63, 3.8) is 0 Å². The number of benzene rings is 1. The molecule has 1 saturated heterocycles. The summed E-state index contributed by atoms with van der Waals surface area (Å²) in [7, 11) is 0. The highest BCUT2D eigenvalue weighted by atomic mass is 16.6. The summed E-state index contributed by atoms with van der Waals surface area (Å²) < 4.78 is 5.27. The first-order valence-electron chi connectivity index (χ1n) is 7.82. The highest BCUT2D eigenvalue weighted by Gasteiger charge is 2.19. The lowest BCUT2D eigenvalue weighted by Gasteiger charge is -2.23. The van der Waals surface area contributed by atoms with Crippen molar-refractivity contribution in [2.75, 3.05) is 44.7 Å². The monoisotopic (exact) mass is 337 g/mol. The molecule has 1 fully saturated rings. The molecule has 3 N–H and O–H groups in total. The van der Waals surface area contributed by atoms with Crippen LogP contribution in [0.4, 0.5) is 11.4 Å². The Kier molecular flexibility index (Phi) is 6.64. The number of ether oxygens (including phenoxy) is 1. The number of nitrogens with zero attached hydrogens (tertiary/aromatic N) is 1. The van der Waals surface area contributed by atoms with Crippen LogP contribution in [0, 0.1) is 10.1 Å². The highest BCUT2D eigenvalue weighted by Crippen LogP contribution is 2.22. The summed E-state index contributed by atoms with van der Waals surface area (Å²) in [6.07, 6.45) is 0.750. The maximum atomic E-state index is 11.8. The van der Waals surface area contributed by atoms with Crippen molar-refractivity contribution in [2.24, 2.45) is 0 Å². The molecular formula is C15H21N4O5+. The molecule has 1 aliphatic heterocycles. The van der Waals surface area contributed by atoms with Gasteiger partial charge in [0.25, 0.3) is 5.69 Å². The van der Waals surface area contributed by atoms with E-state index in [0.717, 1.165) is 39.3 Å². The van der Waals surface area contributed by atoms with Crippen molar-refractivity contribution in [3.8, 4) is 0 Å². The molecule has 1 aromatic carbocycles. The van der Waals surface area contributed by atoms with Gasteiger partial charge in [0.1, 0.15) is 18.8 Å². The van der Waals surface area contributed by atoms with Gasteiger partial charge in [0.2, 0.25) is 0 Å². The fourth-order valence-electron chi connectivity index (χ4n) is 2.45. The number of nitro benzene ring substituents is 1. The fraction of sp³-hybridized carbons (Fsp3) is 0.467. The van der Waals surface area contributed by atoms with Gasteiger partial charge in [-0.3, -0.25) is 19.7 Å². The van der Waals surface area contributed by atoms with Crippen LogP contribution < -0.4 is 15.5 Å². The first-order valence-corrected chi connectivity index (χ1v) is 7.82. The summed E-state index contributed by atoms with van der Waals surface area (Å²) in [4.78, 5) is 35.3. The van der Waals surface area contributed by atoms with E-state index in [-0.39, 0.29) is 11.4 Å². The molecule has 0 unspecified atom stereocenters. The van der Waals surface area contributed by atoms with E-state index < -0.39 is 16.7 Å². The first-order chi connectivity index (χ1) is 11.6. The van der Waals surface area contributed by atoms with Gasteiger partial charge < -0.3 is 20.3 Å². The number of hydrogen-bond acceptors (Lipinski definition) is 5. The topological polar surface area (TPSA) is 115 Å². The minimum atomic E-state index is -0.914. The van der Waals surface area contributed by atoms with Gasteiger partial charge in [-0.05, 0) is 6.07 Å². The number of hydrogen-bond donors (Lipinski definition) is 3. The van der Waals surface area contributed by atoms with Crippen molar-refractivity contribution >= 4 is 23.2 Å². The van der Waals surface area contributed by atoms with Crippen LogP contribution >= 0.6 is 0 Å². The fourth-order valence-corrected chi connectivity index (χ4v) is 2.45. The van der Waals surface area contributed by atoms with Gasteiger partial charge in [0.05, 0.1) is 24.7 Å². The second kappa shape index (κ2) is 8.94. The number of carbonyl (C=O) groups is 2. The predicted octanol–water partition coefficient (Wildman–Crippen LogP) is -1.05. The Morgan fingerprint density at radius 3 is 2.62 bits per heavy atom. The van der Waals surface area contributed by atoms with Crippen molar-refractivity contribution in [3.05, 3.63) is 34.4 Å². The normalized spacial score (nSPS) is 14.8. The highest BCUT2D eigenvalue weighted by molar-refractivity contribution is 6.39. The number of para-hydroxylation sites is 2. The Bertz CT molecular complexity index is 601. The molecule has 0 spiro atoms. The van der Waals surface area contributed by atoms with Crippen LogP contribution in [0.2, 0.25) is 0 Å². The molecule has 0 aliphatic carbocycles. The third kappa shape index (κ3) is 5.28. The van der Waals surface area contributed by atoms with Crippen LogP contribution in [0.5, 0.6) is 0 Å². The van der Waals surface area contributed by atoms with Gasteiger partial charge in [-0.25, -0.2) is 0 Å². The Labute approximate surface area is 139 Å². The minimum absolute atomic E-state index is 0.000381. The molecule has 1 heterocycles. The van der Waals surface area contributed by atoms with Gasteiger partial charge in [0, 0.05) is 19.0 Å². The molecule has 1 aliphatic rings. The van der Waals surface area contributed by atoms with E-state index in [9.17, 15) is 19.7 Å². The van der Waals surface area contributed by atoms with E-state index in [0.29, 0.717) is 6.54 Å². The van der Waals surface area contributed by atoms with Crippen LogP contribution in [0.25, 0.3) is 0 Å². The number of rotatable bonds is 6. The molecule has 1 aromatic rings. The third-order valence-corrected chi connectivity index (χ3v) is 3.75. The molecule has 9 heteroatoms. The summed E-state index contributed by atoms with van der Waals surface area (Å²) in [6.45, 7) is 4.68. The minimum Gasteiger partial charge on any atom is -0.370 e. The van der Waals surface area contributed by atoms with Crippen molar-refractivity contribution in [1.82, 2.24) is 5.32 Å². The number of nitro groups is 1. The van der Waals surface area contributed by atoms with Gasteiger partial charge in [0.15, 0.2) is 0 Å². The Balaban J connectivity index is 1.74. The second-order valence-electron chi connectivity index (χ2n) is 5.45. The molecule has 0 saturated carbocycles. The van der Waals surface area contributed by atoms with Crippen LogP contribution in [-0.4, -0.2) is 56.1 Å². The molecular weight excluding hydrogens is 316 g/mol. The Morgan fingerprint density at radius 1 is 1.21 bits per heavy atom. The third-order valence-electron chi connectivity index (χ3n) is 3.75. The molecule has 24 heavy (non-hydrogen) atoms. The molecule has 2 rings (SSSR count). The zero-order chi connectivity index (χ0) is 17.4. The zero-order valence-corrected chi connectivity index (χ0v) is 13.2. The summed E-state index contributed by atoms with van der Waals surface area (Å²) in [5, 5.41) is 15.7.